The summed E-state index contributed by atoms with van der Waals surface area (Å²) in [6.07, 6.45) is 7.07. The SMILES string of the molecule is CCC(C#N)S(=O)(=O)N1CCCC1C1CCCC1. The van der Waals surface area contributed by atoms with Gasteiger partial charge < -0.3 is 0 Å². The number of nitrogens with zero attached hydrogens (tertiary/aromatic N) is 2. The van der Waals surface area contributed by atoms with Gasteiger partial charge in [-0.15, -0.1) is 0 Å². The molecule has 0 amide bonds. The fourth-order valence-corrected chi connectivity index (χ4v) is 5.35. The van der Waals surface area contributed by atoms with Gasteiger partial charge in [-0.2, -0.15) is 9.57 Å². The lowest BCUT2D eigenvalue weighted by molar-refractivity contribution is 0.287. The summed E-state index contributed by atoms with van der Waals surface area (Å²) >= 11 is 0. The number of nitriles is 1. The van der Waals surface area contributed by atoms with Gasteiger partial charge in [0, 0.05) is 12.6 Å². The molecule has 1 heterocycles. The minimum atomic E-state index is -3.42. The van der Waals surface area contributed by atoms with Gasteiger partial charge in [-0.3, -0.25) is 0 Å². The molecule has 0 N–H and O–H groups in total. The molecule has 0 aromatic carbocycles. The van der Waals surface area contributed by atoms with E-state index in [9.17, 15) is 8.42 Å². The van der Waals surface area contributed by atoms with Gasteiger partial charge in [-0.05, 0) is 38.0 Å². The van der Waals surface area contributed by atoms with Crippen LogP contribution in [0.4, 0.5) is 0 Å². The van der Waals surface area contributed by atoms with Gasteiger partial charge in [-0.25, -0.2) is 8.42 Å². The molecule has 0 spiro atoms. The molecule has 1 aliphatic heterocycles. The number of hydrogen-bond acceptors (Lipinski definition) is 3. The summed E-state index contributed by atoms with van der Waals surface area (Å²) in [5.74, 6) is 0.526. The first-order chi connectivity index (χ1) is 8.61. The summed E-state index contributed by atoms with van der Waals surface area (Å²) in [7, 11) is -3.42. The van der Waals surface area contributed by atoms with Crippen LogP contribution in [-0.2, 0) is 10.0 Å². The Morgan fingerprint density at radius 2 is 1.94 bits per heavy atom. The first-order valence-electron chi connectivity index (χ1n) is 7.01. The van der Waals surface area contributed by atoms with E-state index >= 15 is 0 Å². The quantitative estimate of drug-likeness (QED) is 0.787. The summed E-state index contributed by atoms with van der Waals surface area (Å²) in [5, 5.41) is 8.16. The molecular weight excluding hydrogens is 248 g/mol. The molecule has 0 bridgehead atoms. The van der Waals surface area contributed by atoms with Gasteiger partial charge in [0.2, 0.25) is 10.0 Å². The topological polar surface area (TPSA) is 61.2 Å². The molecule has 102 valence electrons. The van der Waals surface area contributed by atoms with Crippen molar-refractivity contribution < 1.29 is 8.42 Å². The molecule has 1 aliphatic carbocycles. The maximum absolute atomic E-state index is 12.5. The van der Waals surface area contributed by atoms with Crippen molar-refractivity contribution in [2.45, 2.75) is 63.2 Å². The number of sulfonamides is 1. The van der Waals surface area contributed by atoms with E-state index in [0.29, 0.717) is 18.9 Å². The van der Waals surface area contributed by atoms with Crippen molar-refractivity contribution in [1.29, 1.82) is 5.26 Å². The van der Waals surface area contributed by atoms with Crippen LogP contribution in [0.25, 0.3) is 0 Å². The van der Waals surface area contributed by atoms with E-state index in [1.54, 1.807) is 11.2 Å². The van der Waals surface area contributed by atoms with E-state index < -0.39 is 15.3 Å². The first-order valence-corrected chi connectivity index (χ1v) is 8.51. The zero-order valence-electron chi connectivity index (χ0n) is 11.0. The van der Waals surface area contributed by atoms with Crippen LogP contribution in [0.3, 0.4) is 0 Å². The third kappa shape index (κ3) is 2.41. The Morgan fingerprint density at radius 1 is 1.28 bits per heavy atom. The van der Waals surface area contributed by atoms with Gasteiger partial charge in [0.1, 0.15) is 0 Å². The maximum atomic E-state index is 12.5. The molecule has 2 aliphatic rings. The molecule has 0 radical (unpaired) electrons. The Morgan fingerprint density at radius 3 is 2.50 bits per heavy atom. The summed E-state index contributed by atoms with van der Waals surface area (Å²) in [6.45, 7) is 2.38. The van der Waals surface area contributed by atoms with Crippen molar-refractivity contribution in [3.63, 3.8) is 0 Å². The second-order valence-electron chi connectivity index (χ2n) is 5.44. The maximum Gasteiger partial charge on any atom is 0.230 e. The van der Waals surface area contributed by atoms with Crippen LogP contribution in [0.15, 0.2) is 0 Å². The van der Waals surface area contributed by atoms with Gasteiger partial charge in [0.15, 0.2) is 5.25 Å². The highest BCUT2D eigenvalue weighted by Crippen LogP contribution is 2.37. The standard InChI is InChI=1S/C13H22N2O2S/c1-2-12(10-14)18(16,17)15-9-5-8-13(15)11-6-3-4-7-11/h11-13H,2-9H2,1H3. The molecule has 0 aromatic rings. The predicted molar refractivity (Wildman–Crippen MR) is 70.3 cm³/mol. The van der Waals surface area contributed by atoms with Crippen LogP contribution >= 0.6 is 0 Å². The van der Waals surface area contributed by atoms with Gasteiger partial charge in [-0.1, -0.05) is 19.8 Å². The molecule has 2 atom stereocenters. The molecule has 2 fully saturated rings. The average molecular weight is 270 g/mol. The van der Waals surface area contributed by atoms with Crippen LogP contribution in [0.2, 0.25) is 0 Å². The smallest absolute Gasteiger partial charge is 0.211 e. The molecule has 1 saturated heterocycles. The second-order valence-corrected chi connectivity index (χ2v) is 7.50. The van der Waals surface area contributed by atoms with Crippen molar-refractivity contribution in [1.82, 2.24) is 4.31 Å². The fourth-order valence-electron chi connectivity index (χ4n) is 3.43. The molecule has 2 unspecified atom stereocenters. The first kappa shape index (κ1) is 13.8. The van der Waals surface area contributed by atoms with Crippen LogP contribution in [0, 0.1) is 17.2 Å². The Bertz CT molecular complexity index is 421. The van der Waals surface area contributed by atoms with Gasteiger partial charge in [0.05, 0.1) is 6.07 Å². The van der Waals surface area contributed by atoms with E-state index in [1.165, 1.54) is 12.8 Å². The van der Waals surface area contributed by atoms with Gasteiger partial charge in [0.25, 0.3) is 0 Å². The van der Waals surface area contributed by atoms with Crippen molar-refractivity contribution in [2.24, 2.45) is 5.92 Å². The summed E-state index contributed by atoms with van der Waals surface area (Å²) < 4.78 is 26.6. The molecule has 18 heavy (non-hydrogen) atoms. The highest BCUT2D eigenvalue weighted by atomic mass is 32.2. The molecule has 4 nitrogen and oxygen atoms in total. The van der Waals surface area contributed by atoms with E-state index in [4.69, 9.17) is 5.26 Å². The third-order valence-corrected chi connectivity index (χ3v) is 6.66. The number of hydrogen-bond donors (Lipinski definition) is 0. The highest BCUT2D eigenvalue weighted by molar-refractivity contribution is 7.90. The van der Waals surface area contributed by atoms with Crippen LogP contribution in [0.1, 0.15) is 51.9 Å². The van der Waals surface area contributed by atoms with E-state index in [0.717, 1.165) is 25.7 Å². The largest absolute Gasteiger partial charge is 0.230 e. The minimum Gasteiger partial charge on any atom is -0.211 e. The van der Waals surface area contributed by atoms with E-state index in [1.807, 2.05) is 6.07 Å². The van der Waals surface area contributed by atoms with Crippen molar-refractivity contribution in [3.05, 3.63) is 0 Å². The lowest BCUT2D eigenvalue weighted by atomic mass is 9.97. The fraction of sp³-hybridized carbons (Fsp3) is 0.923. The molecular formula is C13H22N2O2S. The van der Waals surface area contributed by atoms with E-state index in [2.05, 4.69) is 0 Å². The Balaban J connectivity index is 2.18. The lowest BCUT2D eigenvalue weighted by Gasteiger charge is -2.29. The second kappa shape index (κ2) is 5.58. The van der Waals surface area contributed by atoms with E-state index in [-0.39, 0.29) is 6.04 Å². The highest BCUT2D eigenvalue weighted by Gasteiger charge is 2.42. The van der Waals surface area contributed by atoms with Crippen molar-refractivity contribution in [2.75, 3.05) is 6.54 Å². The van der Waals surface area contributed by atoms with Gasteiger partial charge >= 0.3 is 0 Å². The molecule has 1 saturated carbocycles. The molecule has 5 heteroatoms. The normalized spacial score (nSPS) is 28.3. The van der Waals surface area contributed by atoms with Crippen molar-refractivity contribution >= 4 is 10.0 Å². The predicted octanol–water partition coefficient (Wildman–Crippen LogP) is 2.27. The van der Waals surface area contributed by atoms with Crippen LogP contribution in [-0.4, -0.2) is 30.6 Å². The summed E-state index contributed by atoms with van der Waals surface area (Å²) in [4.78, 5) is 0. The summed E-state index contributed by atoms with van der Waals surface area (Å²) in [5.41, 5.74) is 0. The third-order valence-electron chi connectivity index (χ3n) is 4.39. The number of rotatable bonds is 4. The molecule has 2 rings (SSSR count). The zero-order valence-corrected chi connectivity index (χ0v) is 11.8. The average Bonchev–Trinajstić information content (AvgIpc) is 3.01. The summed E-state index contributed by atoms with van der Waals surface area (Å²) in [6, 6.07) is 2.12. The Labute approximate surface area is 110 Å². The van der Waals surface area contributed by atoms with Crippen LogP contribution in [0.5, 0.6) is 0 Å². The molecule has 0 aromatic heterocycles. The van der Waals surface area contributed by atoms with Crippen molar-refractivity contribution in [3.8, 4) is 6.07 Å². The Kier molecular flexibility index (Phi) is 4.29. The zero-order chi connectivity index (χ0) is 13.2. The van der Waals surface area contributed by atoms with Crippen LogP contribution < -0.4 is 0 Å². The monoisotopic (exact) mass is 270 g/mol. The lowest BCUT2D eigenvalue weighted by Crippen LogP contribution is -2.43. The minimum absolute atomic E-state index is 0.167. The Hall–Kier alpha value is -0.600.